The minimum Gasteiger partial charge on any atom is -0.508 e. The van der Waals surface area contributed by atoms with E-state index in [1.54, 1.807) is 12.1 Å². The van der Waals surface area contributed by atoms with Crippen molar-refractivity contribution in [3.8, 4) is 5.75 Å². The molecule has 8 heteroatoms. The monoisotopic (exact) mass is 486 g/mol. The van der Waals surface area contributed by atoms with Crippen LogP contribution in [0.15, 0.2) is 54.6 Å². The van der Waals surface area contributed by atoms with Crippen LogP contribution in [0.3, 0.4) is 0 Å². The molecule has 7 nitrogen and oxygen atoms in total. The van der Waals surface area contributed by atoms with Crippen LogP contribution in [0.1, 0.15) is 44.2 Å². The summed E-state index contributed by atoms with van der Waals surface area (Å²) in [5, 5.41) is 24.3. The molecule has 4 N–H and O–H groups in total. The Hall–Kier alpha value is -3.00. The van der Waals surface area contributed by atoms with Gasteiger partial charge in [-0.1, -0.05) is 69.2 Å². The molecule has 34 heavy (non-hydrogen) atoms. The number of aromatic hydroxyl groups is 1. The number of carbonyl (C=O) groups is 3. The molecular formula is C26H34N2O5S. The molecule has 2 rings (SSSR count). The zero-order chi connectivity index (χ0) is 25.1. The predicted octanol–water partition coefficient (Wildman–Crippen LogP) is 3.36. The van der Waals surface area contributed by atoms with Crippen LogP contribution in [0.5, 0.6) is 5.75 Å². The van der Waals surface area contributed by atoms with Gasteiger partial charge >= 0.3 is 5.97 Å². The highest BCUT2D eigenvalue weighted by Gasteiger charge is 2.30. The van der Waals surface area contributed by atoms with Gasteiger partial charge in [-0.3, -0.25) is 9.59 Å². The van der Waals surface area contributed by atoms with E-state index in [2.05, 4.69) is 23.3 Å². The minimum absolute atomic E-state index is 0.0557. The number of unbranched alkanes of at least 4 members (excludes halogenated alkanes) is 1. The standard InChI is InChI=1S/C26H34N2O5S/c1-3-4-10-22(27-24(30)21(17(2)34)15-18-8-6-5-7-9-18)25(31)28-23(26(32)33)16-19-11-13-20(29)14-12-19/h5-9,11-14,17,21-23,29,34H,3-4,10,15-16H2,1-2H3,(H,27,30)(H,28,31)(H,32,33)/t17?,21?,22-,23-/m0/s1. The first-order valence-electron chi connectivity index (χ1n) is 11.5. The Bertz CT molecular complexity index is 934. The number of benzene rings is 2. The van der Waals surface area contributed by atoms with Crippen LogP contribution in [-0.2, 0) is 27.2 Å². The highest BCUT2D eigenvalue weighted by atomic mass is 32.1. The van der Waals surface area contributed by atoms with Gasteiger partial charge < -0.3 is 20.8 Å². The van der Waals surface area contributed by atoms with Crippen molar-refractivity contribution < 1.29 is 24.6 Å². The largest absolute Gasteiger partial charge is 0.508 e. The molecule has 0 fully saturated rings. The van der Waals surface area contributed by atoms with E-state index in [0.717, 1.165) is 12.0 Å². The van der Waals surface area contributed by atoms with Crippen molar-refractivity contribution >= 4 is 30.4 Å². The van der Waals surface area contributed by atoms with Crippen molar-refractivity contribution in [2.45, 2.75) is 63.3 Å². The Morgan fingerprint density at radius 3 is 2.03 bits per heavy atom. The minimum atomic E-state index is -1.17. The summed E-state index contributed by atoms with van der Waals surface area (Å²) in [6.07, 6.45) is 2.47. The Balaban J connectivity index is 2.11. The zero-order valence-corrected chi connectivity index (χ0v) is 20.5. The normalized spacial score (nSPS) is 14.4. The third kappa shape index (κ3) is 8.74. The van der Waals surface area contributed by atoms with Gasteiger partial charge in [-0.2, -0.15) is 12.6 Å². The zero-order valence-electron chi connectivity index (χ0n) is 19.6. The number of phenols is 1. The molecule has 184 valence electrons. The Morgan fingerprint density at radius 2 is 1.47 bits per heavy atom. The first-order valence-corrected chi connectivity index (χ1v) is 12.1. The lowest BCUT2D eigenvalue weighted by Gasteiger charge is -2.25. The van der Waals surface area contributed by atoms with E-state index in [1.807, 2.05) is 44.2 Å². The van der Waals surface area contributed by atoms with E-state index >= 15 is 0 Å². The number of carbonyl (C=O) groups excluding carboxylic acids is 2. The highest BCUT2D eigenvalue weighted by Crippen LogP contribution is 2.18. The van der Waals surface area contributed by atoms with Crippen LogP contribution in [-0.4, -0.2) is 45.3 Å². The molecule has 0 saturated carbocycles. The lowest BCUT2D eigenvalue weighted by Crippen LogP contribution is -2.53. The number of carboxylic acids is 1. The van der Waals surface area contributed by atoms with Crippen molar-refractivity contribution in [3.63, 3.8) is 0 Å². The summed E-state index contributed by atoms with van der Waals surface area (Å²) >= 11 is 4.50. The van der Waals surface area contributed by atoms with Gasteiger partial charge in [0.15, 0.2) is 0 Å². The fourth-order valence-corrected chi connectivity index (χ4v) is 3.89. The maximum atomic E-state index is 13.1. The molecule has 0 aliphatic heterocycles. The number of phenolic OH excluding ortho intramolecular Hbond substituents is 1. The van der Waals surface area contributed by atoms with E-state index in [0.29, 0.717) is 24.8 Å². The first-order chi connectivity index (χ1) is 16.2. The lowest BCUT2D eigenvalue weighted by atomic mass is 9.94. The number of nitrogens with one attached hydrogen (secondary N) is 2. The average Bonchev–Trinajstić information content (AvgIpc) is 2.81. The molecular weight excluding hydrogens is 452 g/mol. The van der Waals surface area contributed by atoms with Crippen LogP contribution < -0.4 is 10.6 Å². The molecule has 0 bridgehead atoms. The van der Waals surface area contributed by atoms with Crippen LogP contribution in [0, 0.1) is 5.92 Å². The van der Waals surface area contributed by atoms with Gasteiger partial charge in [-0.15, -0.1) is 0 Å². The van der Waals surface area contributed by atoms with Crippen molar-refractivity contribution in [1.29, 1.82) is 0 Å². The number of hydrogen-bond donors (Lipinski definition) is 5. The van der Waals surface area contributed by atoms with Crippen molar-refractivity contribution in [2.24, 2.45) is 5.92 Å². The molecule has 0 radical (unpaired) electrons. The Labute approximate surface area is 206 Å². The SMILES string of the molecule is CCCC[C@H](NC(=O)C(Cc1ccccc1)C(C)S)C(=O)N[C@@H](Cc1ccc(O)cc1)C(=O)O. The molecule has 2 aromatic carbocycles. The summed E-state index contributed by atoms with van der Waals surface area (Å²) in [5.74, 6) is -2.36. The molecule has 0 spiro atoms. The van der Waals surface area contributed by atoms with Gasteiger partial charge in [0.05, 0.1) is 5.92 Å². The van der Waals surface area contributed by atoms with Crippen molar-refractivity contribution in [2.75, 3.05) is 0 Å². The molecule has 4 atom stereocenters. The molecule has 0 aliphatic carbocycles. The average molecular weight is 487 g/mol. The Morgan fingerprint density at radius 1 is 0.882 bits per heavy atom. The summed E-state index contributed by atoms with van der Waals surface area (Å²) in [7, 11) is 0. The second-order valence-electron chi connectivity index (χ2n) is 8.51. The summed E-state index contributed by atoms with van der Waals surface area (Å²) in [5.41, 5.74) is 1.66. The van der Waals surface area contributed by atoms with Crippen LogP contribution >= 0.6 is 12.6 Å². The highest BCUT2D eigenvalue weighted by molar-refractivity contribution is 7.81. The third-order valence-electron chi connectivity index (χ3n) is 5.69. The quantitative estimate of drug-likeness (QED) is 0.279. The molecule has 0 heterocycles. The van der Waals surface area contributed by atoms with Crippen molar-refractivity contribution in [3.05, 3.63) is 65.7 Å². The third-order valence-corrected chi connectivity index (χ3v) is 6.05. The fourth-order valence-electron chi connectivity index (χ4n) is 3.65. The molecule has 0 saturated heterocycles. The molecule has 0 aliphatic rings. The topological polar surface area (TPSA) is 116 Å². The summed E-state index contributed by atoms with van der Waals surface area (Å²) in [6, 6.07) is 13.7. The smallest absolute Gasteiger partial charge is 0.326 e. The second-order valence-corrected chi connectivity index (χ2v) is 9.32. The maximum Gasteiger partial charge on any atom is 0.326 e. The summed E-state index contributed by atoms with van der Waals surface area (Å²) in [4.78, 5) is 38.0. The van der Waals surface area contributed by atoms with Gasteiger partial charge in [0.1, 0.15) is 17.8 Å². The van der Waals surface area contributed by atoms with Crippen molar-refractivity contribution in [1.82, 2.24) is 10.6 Å². The Kier molecular flexibility index (Phi) is 10.9. The van der Waals surface area contributed by atoms with Gasteiger partial charge in [-0.25, -0.2) is 4.79 Å². The number of amides is 2. The number of rotatable bonds is 13. The lowest BCUT2D eigenvalue weighted by molar-refractivity contribution is -0.142. The number of carboxylic acid groups (broad SMARTS) is 1. The van der Waals surface area contributed by atoms with Crippen LogP contribution in [0.25, 0.3) is 0 Å². The van der Waals surface area contributed by atoms with Gasteiger partial charge in [-0.05, 0) is 36.1 Å². The maximum absolute atomic E-state index is 13.1. The number of thiol groups is 1. The fraction of sp³-hybridized carbons (Fsp3) is 0.423. The molecule has 2 amide bonds. The van der Waals surface area contributed by atoms with Crippen LogP contribution in [0.4, 0.5) is 0 Å². The van der Waals surface area contributed by atoms with Gasteiger partial charge in [0.25, 0.3) is 0 Å². The molecule has 0 aromatic heterocycles. The number of aliphatic carboxylic acids is 1. The van der Waals surface area contributed by atoms with E-state index in [1.165, 1.54) is 12.1 Å². The predicted molar refractivity (Wildman–Crippen MR) is 135 cm³/mol. The summed E-state index contributed by atoms with van der Waals surface area (Å²) < 4.78 is 0. The van der Waals surface area contributed by atoms with Crippen LogP contribution in [0.2, 0.25) is 0 Å². The van der Waals surface area contributed by atoms with E-state index in [-0.39, 0.29) is 23.3 Å². The first kappa shape index (κ1) is 27.2. The van der Waals surface area contributed by atoms with E-state index in [4.69, 9.17) is 0 Å². The summed E-state index contributed by atoms with van der Waals surface area (Å²) in [6.45, 7) is 3.82. The van der Waals surface area contributed by atoms with Gasteiger partial charge in [0, 0.05) is 11.7 Å². The molecule has 2 unspecified atom stereocenters. The van der Waals surface area contributed by atoms with E-state index in [9.17, 15) is 24.6 Å². The second kappa shape index (κ2) is 13.6. The number of hydrogen-bond acceptors (Lipinski definition) is 5. The van der Waals surface area contributed by atoms with E-state index < -0.39 is 29.9 Å². The molecule has 2 aromatic rings. The van der Waals surface area contributed by atoms with Gasteiger partial charge in [0.2, 0.25) is 11.8 Å².